The molecule has 2 aromatic rings. The van der Waals surface area contributed by atoms with Gasteiger partial charge in [0.25, 0.3) is 0 Å². The summed E-state index contributed by atoms with van der Waals surface area (Å²) in [5.74, 6) is 0.225. The van der Waals surface area contributed by atoms with Crippen molar-refractivity contribution in [3.05, 3.63) is 58.9 Å². The first kappa shape index (κ1) is 12.3. The number of thioether (sulfide) groups is 1. The number of nitrogens with two attached hydrogens (primary N) is 1. The number of rotatable bonds is 3. The number of benzene rings is 2. The Morgan fingerprint density at radius 1 is 1.18 bits per heavy atom. The van der Waals surface area contributed by atoms with Gasteiger partial charge in [-0.3, -0.25) is 0 Å². The van der Waals surface area contributed by atoms with E-state index in [0.29, 0.717) is 22.0 Å². The lowest BCUT2D eigenvalue weighted by molar-refractivity contribution is 0.617. The van der Waals surface area contributed by atoms with Crippen molar-refractivity contribution in [3.63, 3.8) is 0 Å². The Morgan fingerprint density at radius 3 is 2.65 bits per heavy atom. The Hall–Kier alpha value is -1.19. The lowest BCUT2D eigenvalue weighted by Crippen LogP contribution is -1.89. The van der Waals surface area contributed by atoms with E-state index >= 15 is 0 Å². The predicted molar refractivity (Wildman–Crippen MR) is 71.8 cm³/mol. The van der Waals surface area contributed by atoms with Crippen molar-refractivity contribution >= 4 is 29.1 Å². The maximum absolute atomic E-state index is 13.5. The highest BCUT2D eigenvalue weighted by molar-refractivity contribution is 7.98. The Morgan fingerprint density at radius 2 is 1.94 bits per heavy atom. The average molecular weight is 268 g/mol. The average Bonchev–Trinajstić information content (AvgIpc) is 2.28. The number of hydrogen-bond donors (Lipinski definition) is 1. The van der Waals surface area contributed by atoms with Crippen molar-refractivity contribution in [2.45, 2.75) is 10.6 Å². The lowest BCUT2D eigenvalue weighted by Gasteiger charge is -2.06. The molecule has 0 aliphatic heterocycles. The fourth-order valence-electron chi connectivity index (χ4n) is 1.43. The second kappa shape index (κ2) is 5.43. The van der Waals surface area contributed by atoms with Gasteiger partial charge >= 0.3 is 0 Å². The van der Waals surface area contributed by atoms with Gasteiger partial charge in [0, 0.05) is 26.9 Å². The third-order valence-corrected chi connectivity index (χ3v) is 3.68. The number of hydrogen-bond acceptors (Lipinski definition) is 2. The summed E-state index contributed by atoms with van der Waals surface area (Å²) in [6.45, 7) is 0. The van der Waals surface area contributed by atoms with E-state index in [1.807, 2.05) is 24.3 Å². The molecule has 0 radical (unpaired) electrons. The maximum atomic E-state index is 13.5. The van der Waals surface area contributed by atoms with Crippen LogP contribution in [0.2, 0.25) is 5.02 Å². The first-order valence-corrected chi connectivity index (χ1v) is 6.44. The van der Waals surface area contributed by atoms with Gasteiger partial charge in [-0.15, -0.1) is 11.8 Å². The molecule has 0 saturated heterocycles. The highest BCUT2D eigenvalue weighted by Gasteiger charge is 2.07. The van der Waals surface area contributed by atoms with Crippen LogP contribution in [-0.4, -0.2) is 0 Å². The molecule has 0 bridgehead atoms. The van der Waals surface area contributed by atoms with Crippen molar-refractivity contribution in [1.29, 1.82) is 0 Å². The zero-order chi connectivity index (χ0) is 12.3. The molecule has 2 N–H and O–H groups in total. The van der Waals surface area contributed by atoms with Gasteiger partial charge in [0.1, 0.15) is 5.82 Å². The zero-order valence-corrected chi connectivity index (χ0v) is 10.6. The highest BCUT2D eigenvalue weighted by Crippen LogP contribution is 2.29. The molecular formula is C13H11ClFNS. The standard InChI is InChI=1S/C13H11ClFNS/c14-12-5-2-6-13(15)11(12)8-17-10-4-1-3-9(16)7-10/h1-7H,8,16H2. The molecule has 0 aliphatic carbocycles. The van der Waals surface area contributed by atoms with Crippen LogP contribution >= 0.6 is 23.4 Å². The van der Waals surface area contributed by atoms with E-state index in [1.165, 1.54) is 17.8 Å². The van der Waals surface area contributed by atoms with Crippen molar-refractivity contribution in [2.75, 3.05) is 5.73 Å². The molecule has 0 spiro atoms. The number of nitrogen functional groups attached to an aromatic ring is 1. The number of anilines is 1. The molecule has 0 fully saturated rings. The predicted octanol–water partition coefficient (Wildman–Crippen LogP) is 4.35. The van der Waals surface area contributed by atoms with E-state index < -0.39 is 0 Å². The SMILES string of the molecule is Nc1cccc(SCc2c(F)cccc2Cl)c1. The number of halogens is 2. The molecule has 0 aromatic heterocycles. The molecule has 2 rings (SSSR count). The van der Waals surface area contributed by atoms with E-state index in [0.717, 1.165) is 4.90 Å². The van der Waals surface area contributed by atoms with Gasteiger partial charge in [-0.05, 0) is 30.3 Å². The maximum Gasteiger partial charge on any atom is 0.128 e. The van der Waals surface area contributed by atoms with Crippen LogP contribution < -0.4 is 5.73 Å². The molecule has 0 atom stereocenters. The largest absolute Gasteiger partial charge is 0.399 e. The fraction of sp³-hybridized carbons (Fsp3) is 0.0769. The second-order valence-electron chi connectivity index (χ2n) is 3.56. The summed E-state index contributed by atoms with van der Waals surface area (Å²) in [5.41, 5.74) is 6.91. The first-order valence-electron chi connectivity index (χ1n) is 5.08. The second-order valence-corrected chi connectivity index (χ2v) is 5.02. The van der Waals surface area contributed by atoms with E-state index in [-0.39, 0.29) is 5.82 Å². The van der Waals surface area contributed by atoms with Gasteiger partial charge in [-0.25, -0.2) is 4.39 Å². The summed E-state index contributed by atoms with van der Waals surface area (Å²) in [6.07, 6.45) is 0. The van der Waals surface area contributed by atoms with Crippen molar-refractivity contribution < 1.29 is 4.39 Å². The van der Waals surface area contributed by atoms with Crippen molar-refractivity contribution in [3.8, 4) is 0 Å². The lowest BCUT2D eigenvalue weighted by atomic mass is 10.2. The first-order chi connectivity index (χ1) is 8.16. The van der Waals surface area contributed by atoms with E-state index in [4.69, 9.17) is 17.3 Å². The molecule has 0 heterocycles. The van der Waals surface area contributed by atoms with E-state index in [9.17, 15) is 4.39 Å². The third kappa shape index (κ3) is 3.14. The summed E-state index contributed by atoms with van der Waals surface area (Å²) < 4.78 is 13.5. The quantitative estimate of drug-likeness (QED) is 0.661. The van der Waals surface area contributed by atoms with Crippen molar-refractivity contribution in [1.82, 2.24) is 0 Å². The van der Waals surface area contributed by atoms with Crippen LogP contribution in [-0.2, 0) is 5.75 Å². The summed E-state index contributed by atoms with van der Waals surface area (Å²) in [4.78, 5) is 1.00. The van der Waals surface area contributed by atoms with Gasteiger partial charge in [0.15, 0.2) is 0 Å². The van der Waals surface area contributed by atoms with Crippen molar-refractivity contribution in [2.24, 2.45) is 0 Å². The Kier molecular flexibility index (Phi) is 3.92. The third-order valence-electron chi connectivity index (χ3n) is 2.30. The minimum Gasteiger partial charge on any atom is -0.399 e. The van der Waals surface area contributed by atoms with Gasteiger partial charge in [-0.1, -0.05) is 23.7 Å². The molecule has 0 aliphatic rings. The Bertz CT molecular complexity index is 510. The summed E-state index contributed by atoms with van der Waals surface area (Å²) in [5, 5.41) is 0.460. The topological polar surface area (TPSA) is 26.0 Å². The van der Waals surface area contributed by atoms with E-state index in [2.05, 4.69) is 0 Å². The molecule has 2 aromatic carbocycles. The van der Waals surface area contributed by atoms with Crippen LogP contribution in [0.1, 0.15) is 5.56 Å². The summed E-state index contributed by atoms with van der Waals surface area (Å²) in [7, 11) is 0. The molecule has 4 heteroatoms. The highest BCUT2D eigenvalue weighted by atomic mass is 35.5. The monoisotopic (exact) mass is 267 g/mol. The van der Waals surface area contributed by atoms with Gasteiger partial charge < -0.3 is 5.73 Å². The van der Waals surface area contributed by atoms with Crippen LogP contribution in [0.5, 0.6) is 0 Å². The summed E-state index contributed by atoms with van der Waals surface area (Å²) >= 11 is 7.46. The molecule has 0 amide bonds. The zero-order valence-electron chi connectivity index (χ0n) is 8.99. The van der Waals surface area contributed by atoms with Crippen LogP contribution in [0.25, 0.3) is 0 Å². The molecule has 1 nitrogen and oxygen atoms in total. The van der Waals surface area contributed by atoms with Gasteiger partial charge in [0.2, 0.25) is 0 Å². The Balaban J connectivity index is 2.13. The van der Waals surface area contributed by atoms with Gasteiger partial charge in [0.05, 0.1) is 0 Å². The van der Waals surface area contributed by atoms with Crippen LogP contribution in [0, 0.1) is 5.82 Å². The molecule has 17 heavy (non-hydrogen) atoms. The summed E-state index contributed by atoms with van der Waals surface area (Å²) in [6, 6.07) is 12.2. The van der Waals surface area contributed by atoms with Crippen LogP contribution in [0.4, 0.5) is 10.1 Å². The molecular weight excluding hydrogens is 257 g/mol. The molecule has 0 saturated carbocycles. The van der Waals surface area contributed by atoms with E-state index in [1.54, 1.807) is 12.1 Å². The Labute approximate surface area is 109 Å². The minimum atomic E-state index is -0.270. The smallest absolute Gasteiger partial charge is 0.128 e. The fourth-order valence-corrected chi connectivity index (χ4v) is 2.74. The minimum absolute atomic E-state index is 0.270. The van der Waals surface area contributed by atoms with Crippen LogP contribution in [0.15, 0.2) is 47.4 Å². The molecule has 0 unspecified atom stereocenters. The molecule has 88 valence electrons. The normalized spacial score (nSPS) is 10.5. The van der Waals surface area contributed by atoms with Crippen LogP contribution in [0.3, 0.4) is 0 Å². The van der Waals surface area contributed by atoms with Gasteiger partial charge in [-0.2, -0.15) is 0 Å².